The van der Waals surface area contributed by atoms with Crippen LogP contribution in [0, 0.1) is 11.3 Å². The van der Waals surface area contributed by atoms with Crippen LogP contribution < -0.4 is 4.90 Å². The van der Waals surface area contributed by atoms with Gasteiger partial charge in [-0.3, -0.25) is 4.90 Å². The van der Waals surface area contributed by atoms with Crippen LogP contribution in [-0.2, 0) is 6.42 Å². The van der Waals surface area contributed by atoms with Crippen LogP contribution in [0.3, 0.4) is 0 Å². The van der Waals surface area contributed by atoms with Gasteiger partial charge in [-0.15, -0.1) is 0 Å². The van der Waals surface area contributed by atoms with E-state index >= 15 is 0 Å². The highest BCUT2D eigenvalue weighted by atomic mass is 15.3. The molecule has 0 aliphatic carbocycles. The number of aromatic nitrogens is 2. The van der Waals surface area contributed by atoms with Crippen molar-refractivity contribution in [2.45, 2.75) is 26.2 Å². The molecule has 1 aromatic rings. The number of anilines is 1. The molecule has 19 heavy (non-hydrogen) atoms. The van der Waals surface area contributed by atoms with Crippen molar-refractivity contribution in [2.75, 3.05) is 37.6 Å². The van der Waals surface area contributed by atoms with Gasteiger partial charge in [0.25, 0.3) is 0 Å². The predicted octanol–water partition coefficient (Wildman–Crippen LogP) is 1.46. The van der Waals surface area contributed by atoms with Gasteiger partial charge in [0.2, 0.25) is 5.95 Å². The van der Waals surface area contributed by atoms with Gasteiger partial charge in [0.05, 0.1) is 6.07 Å². The lowest BCUT2D eigenvalue weighted by atomic mass is 10.2. The molecule has 1 aliphatic heterocycles. The van der Waals surface area contributed by atoms with Crippen LogP contribution in [-0.4, -0.2) is 47.6 Å². The van der Waals surface area contributed by atoms with E-state index in [9.17, 15) is 0 Å². The zero-order valence-corrected chi connectivity index (χ0v) is 11.5. The van der Waals surface area contributed by atoms with Crippen LogP contribution in [0.5, 0.6) is 0 Å². The highest BCUT2D eigenvalue weighted by molar-refractivity contribution is 5.30. The van der Waals surface area contributed by atoms with E-state index in [0.717, 1.165) is 51.5 Å². The SMILES string of the molecule is CCCc1cnc(N2CCN(CCC#N)CC2)nc1. The van der Waals surface area contributed by atoms with Crippen molar-refractivity contribution >= 4 is 5.95 Å². The van der Waals surface area contributed by atoms with Gasteiger partial charge >= 0.3 is 0 Å². The van der Waals surface area contributed by atoms with Crippen molar-refractivity contribution in [3.63, 3.8) is 0 Å². The molecule has 0 atom stereocenters. The van der Waals surface area contributed by atoms with E-state index in [-0.39, 0.29) is 0 Å². The van der Waals surface area contributed by atoms with E-state index in [1.807, 2.05) is 12.4 Å². The summed E-state index contributed by atoms with van der Waals surface area (Å²) in [6.45, 7) is 6.90. The largest absolute Gasteiger partial charge is 0.338 e. The number of hydrogen-bond donors (Lipinski definition) is 0. The van der Waals surface area contributed by atoms with E-state index in [0.29, 0.717) is 6.42 Å². The molecular weight excluding hydrogens is 238 g/mol. The molecule has 0 N–H and O–H groups in total. The molecule has 102 valence electrons. The third-order valence-corrected chi connectivity index (χ3v) is 3.43. The maximum absolute atomic E-state index is 8.59. The number of hydrogen-bond acceptors (Lipinski definition) is 5. The Hall–Kier alpha value is -1.67. The Bertz CT molecular complexity index is 414. The van der Waals surface area contributed by atoms with Crippen LogP contribution >= 0.6 is 0 Å². The first-order chi connectivity index (χ1) is 9.33. The fraction of sp³-hybridized carbons (Fsp3) is 0.643. The average Bonchev–Trinajstić information content (AvgIpc) is 2.47. The summed E-state index contributed by atoms with van der Waals surface area (Å²) in [5, 5.41) is 8.59. The number of nitrogens with zero attached hydrogens (tertiary/aromatic N) is 5. The molecule has 2 heterocycles. The van der Waals surface area contributed by atoms with Crippen molar-refractivity contribution in [1.29, 1.82) is 5.26 Å². The van der Waals surface area contributed by atoms with Crippen molar-refractivity contribution in [3.05, 3.63) is 18.0 Å². The molecule has 1 aliphatic rings. The molecule has 0 radical (unpaired) electrons. The monoisotopic (exact) mass is 259 g/mol. The number of piperazine rings is 1. The summed E-state index contributed by atoms with van der Waals surface area (Å²) < 4.78 is 0. The van der Waals surface area contributed by atoms with E-state index < -0.39 is 0 Å². The molecule has 1 saturated heterocycles. The summed E-state index contributed by atoms with van der Waals surface area (Å²) in [5.74, 6) is 0.833. The van der Waals surface area contributed by atoms with E-state index in [1.54, 1.807) is 0 Å². The molecule has 0 spiro atoms. The van der Waals surface area contributed by atoms with E-state index in [4.69, 9.17) is 5.26 Å². The van der Waals surface area contributed by atoms with Crippen molar-refractivity contribution in [3.8, 4) is 6.07 Å². The molecule has 5 nitrogen and oxygen atoms in total. The molecule has 1 fully saturated rings. The Morgan fingerprint density at radius 3 is 2.47 bits per heavy atom. The third-order valence-electron chi connectivity index (χ3n) is 3.43. The maximum Gasteiger partial charge on any atom is 0.225 e. The number of aryl methyl sites for hydroxylation is 1. The predicted molar refractivity (Wildman–Crippen MR) is 74.9 cm³/mol. The highest BCUT2D eigenvalue weighted by Gasteiger charge is 2.18. The fourth-order valence-electron chi connectivity index (χ4n) is 2.31. The first-order valence-corrected chi connectivity index (χ1v) is 6.98. The molecule has 0 saturated carbocycles. The molecule has 0 aromatic carbocycles. The zero-order valence-electron chi connectivity index (χ0n) is 11.5. The third kappa shape index (κ3) is 3.90. The van der Waals surface area contributed by atoms with E-state index in [2.05, 4.69) is 32.8 Å². The normalized spacial score (nSPS) is 16.3. The summed E-state index contributed by atoms with van der Waals surface area (Å²) in [6.07, 6.45) is 6.66. The van der Waals surface area contributed by atoms with Gasteiger partial charge in [-0.25, -0.2) is 9.97 Å². The molecule has 5 heteroatoms. The summed E-state index contributed by atoms with van der Waals surface area (Å²) in [5.41, 5.74) is 1.21. The van der Waals surface area contributed by atoms with Gasteiger partial charge < -0.3 is 4.90 Å². The van der Waals surface area contributed by atoms with Crippen molar-refractivity contribution in [2.24, 2.45) is 0 Å². The smallest absolute Gasteiger partial charge is 0.225 e. The minimum absolute atomic E-state index is 0.613. The minimum Gasteiger partial charge on any atom is -0.338 e. The van der Waals surface area contributed by atoms with Crippen LogP contribution in [0.2, 0.25) is 0 Å². The molecule has 2 rings (SSSR count). The Labute approximate surface area is 114 Å². The zero-order chi connectivity index (χ0) is 13.5. The molecule has 1 aromatic heterocycles. The van der Waals surface area contributed by atoms with Gasteiger partial charge in [-0.1, -0.05) is 13.3 Å². The second-order valence-corrected chi connectivity index (χ2v) is 4.88. The molecule has 0 bridgehead atoms. The summed E-state index contributed by atoms with van der Waals surface area (Å²) >= 11 is 0. The van der Waals surface area contributed by atoms with Gasteiger partial charge in [-0.2, -0.15) is 5.26 Å². The fourth-order valence-corrected chi connectivity index (χ4v) is 2.31. The molecule has 0 unspecified atom stereocenters. The lowest BCUT2D eigenvalue weighted by Gasteiger charge is -2.34. The molecular formula is C14H21N5. The van der Waals surface area contributed by atoms with Crippen LogP contribution in [0.1, 0.15) is 25.3 Å². The quantitative estimate of drug-likeness (QED) is 0.801. The van der Waals surface area contributed by atoms with Crippen LogP contribution in [0.25, 0.3) is 0 Å². The first-order valence-electron chi connectivity index (χ1n) is 6.98. The Morgan fingerprint density at radius 2 is 1.89 bits per heavy atom. The van der Waals surface area contributed by atoms with Crippen LogP contribution in [0.15, 0.2) is 12.4 Å². The summed E-state index contributed by atoms with van der Waals surface area (Å²) in [6, 6.07) is 2.20. The van der Waals surface area contributed by atoms with Crippen molar-refractivity contribution in [1.82, 2.24) is 14.9 Å². The van der Waals surface area contributed by atoms with Gasteiger partial charge in [-0.05, 0) is 12.0 Å². The maximum atomic E-state index is 8.59. The lowest BCUT2D eigenvalue weighted by molar-refractivity contribution is 0.262. The number of nitriles is 1. The van der Waals surface area contributed by atoms with Crippen LogP contribution in [0.4, 0.5) is 5.95 Å². The Kier molecular flexibility index (Phi) is 5.10. The topological polar surface area (TPSA) is 56.1 Å². The molecule has 0 amide bonds. The Balaban J connectivity index is 1.85. The minimum atomic E-state index is 0.613. The van der Waals surface area contributed by atoms with Gasteiger partial charge in [0.15, 0.2) is 0 Å². The highest BCUT2D eigenvalue weighted by Crippen LogP contribution is 2.11. The lowest BCUT2D eigenvalue weighted by Crippen LogP contribution is -2.47. The average molecular weight is 259 g/mol. The van der Waals surface area contributed by atoms with E-state index in [1.165, 1.54) is 5.56 Å². The second-order valence-electron chi connectivity index (χ2n) is 4.88. The summed E-state index contributed by atoms with van der Waals surface area (Å²) in [4.78, 5) is 13.4. The Morgan fingerprint density at radius 1 is 1.21 bits per heavy atom. The summed E-state index contributed by atoms with van der Waals surface area (Å²) in [7, 11) is 0. The van der Waals surface area contributed by atoms with Gasteiger partial charge in [0, 0.05) is 51.5 Å². The second kappa shape index (κ2) is 7.05. The van der Waals surface area contributed by atoms with Gasteiger partial charge in [0.1, 0.15) is 0 Å². The first kappa shape index (κ1) is 13.8. The van der Waals surface area contributed by atoms with Crippen molar-refractivity contribution < 1.29 is 0 Å². The standard InChI is InChI=1S/C14H21N5/c1-2-4-13-11-16-14(17-12-13)19-9-7-18(8-10-19)6-3-5-15/h11-12H,2-4,6-10H2,1H3. The number of rotatable bonds is 5.